The molecule has 0 spiro atoms. The molecular weight excluding hydrogens is 470 g/mol. The molecule has 0 radical (unpaired) electrons. The van der Waals surface area contributed by atoms with Gasteiger partial charge in [-0.25, -0.2) is 0 Å². The summed E-state index contributed by atoms with van der Waals surface area (Å²) in [5.41, 5.74) is 2.70. The quantitative estimate of drug-likeness (QED) is 0.614. The largest absolute Gasteiger partial charge is 0.490 e. The molecule has 0 bridgehead atoms. The fourth-order valence-electron chi connectivity index (χ4n) is 4.90. The third-order valence-corrected chi connectivity index (χ3v) is 6.95. The monoisotopic (exact) mass is 509 g/mol. The van der Waals surface area contributed by atoms with Crippen LogP contribution in [0.25, 0.3) is 0 Å². The van der Waals surface area contributed by atoms with Gasteiger partial charge in [-0.05, 0) is 49.6 Å². The number of hydrogen-bond acceptors (Lipinski definition) is 6. The number of methoxy groups -OCH3 is 1. The van der Waals surface area contributed by atoms with E-state index in [-0.39, 0.29) is 24.8 Å². The number of amides is 2. The van der Waals surface area contributed by atoms with Gasteiger partial charge in [0.15, 0.2) is 11.5 Å². The van der Waals surface area contributed by atoms with Crippen LogP contribution in [-0.2, 0) is 27.3 Å². The summed E-state index contributed by atoms with van der Waals surface area (Å²) in [4.78, 5) is 32.8. The number of carbonyl (C=O) groups excluding carboxylic acids is 2. The van der Waals surface area contributed by atoms with E-state index in [1.54, 1.807) is 0 Å². The molecule has 2 aromatic carbocycles. The van der Waals surface area contributed by atoms with Crippen LogP contribution in [-0.4, -0.2) is 80.8 Å². The van der Waals surface area contributed by atoms with Crippen molar-refractivity contribution in [2.45, 2.75) is 45.7 Å². The predicted octanol–water partition coefficient (Wildman–Crippen LogP) is 3.51. The maximum atomic E-state index is 13.7. The van der Waals surface area contributed by atoms with Crippen molar-refractivity contribution >= 4 is 17.5 Å². The molecule has 2 aliphatic rings. The van der Waals surface area contributed by atoms with Crippen LogP contribution in [0.3, 0.4) is 0 Å². The predicted molar refractivity (Wildman–Crippen MR) is 143 cm³/mol. The molecule has 2 amide bonds. The minimum Gasteiger partial charge on any atom is -0.490 e. The molecule has 8 heteroatoms. The molecule has 0 N–H and O–H groups in total. The van der Waals surface area contributed by atoms with Gasteiger partial charge in [0.25, 0.3) is 5.91 Å². The number of para-hydroxylation sites is 1. The molecule has 0 aliphatic carbocycles. The molecule has 0 saturated heterocycles. The smallest absolute Gasteiger partial charge is 0.252 e. The minimum absolute atomic E-state index is 0.0228. The first-order valence-corrected chi connectivity index (χ1v) is 13.2. The van der Waals surface area contributed by atoms with Crippen LogP contribution in [0, 0.1) is 0 Å². The molecule has 2 aliphatic heterocycles. The van der Waals surface area contributed by atoms with Gasteiger partial charge in [-0.3, -0.25) is 14.5 Å². The maximum Gasteiger partial charge on any atom is 0.252 e. The van der Waals surface area contributed by atoms with Gasteiger partial charge in [-0.1, -0.05) is 24.3 Å². The van der Waals surface area contributed by atoms with Crippen LogP contribution >= 0.6 is 0 Å². The summed E-state index contributed by atoms with van der Waals surface area (Å²) in [6, 6.07) is 14.0. The summed E-state index contributed by atoms with van der Waals surface area (Å²) >= 11 is 0. The molecule has 0 fully saturated rings. The fraction of sp³-hybridized carbons (Fsp3) is 0.517. The average Bonchev–Trinajstić information content (AvgIpc) is 3.14. The SMILES string of the molecule is COCC(=O)N1CCCN(C(C)C)CCN(C(=O)Cc2ccc3c(c2)OCCCO3)Cc2ccccc21. The van der Waals surface area contributed by atoms with E-state index in [2.05, 4.69) is 18.7 Å². The lowest BCUT2D eigenvalue weighted by Gasteiger charge is -2.30. The molecule has 2 aromatic rings. The molecule has 8 nitrogen and oxygen atoms in total. The van der Waals surface area contributed by atoms with E-state index in [4.69, 9.17) is 14.2 Å². The second-order valence-corrected chi connectivity index (χ2v) is 9.91. The van der Waals surface area contributed by atoms with Crippen LogP contribution in [0.4, 0.5) is 5.69 Å². The molecule has 0 aromatic heterocycles. The molecule has 0 atom stereocenters. The van der Waals surface area contributed by atoms with E-state index >= 15 is 0 Å². The van der Waals surface area contributed by atoms with Crippen LogP contribution < -0.4 is 14.4 Å². The summed E-state index contributed by atoms with van der Waals surface area (Å²) < 4.78 is 16.8. The van der Waals surface area contributed by atoms with Gasteiger partial charge < -0.3 is 24.0 Å². The molecule has 200 valence electrons. The lowest BCUT2D eigenvalue weighted by molar-refractivity contribution is -0.131. The molecule has 0 saturated carbocycles. The number of fused-ring (bicyclic) bond motifs is 2. The summed E-state index contributed by atoms with van der Waals surface area (Å²) in [5.74, 6) is 1.40. The Morgan fingerprint density at radius 2 is 1.70 bits per heavy atom. The van der Waals surface area contributed by atoms with E-state index in [0.717, 1.165) is 48.5 Å². The highest BCUT2D eigenvalue weighted by Gasteiger charge is 2.24. The van der Waals surface area contributed by atoms with Crippen molar-refractivity contribution in [2.24, 2.45) is 0 Å². The summed E-state index contributed by atoms with van der Waals surface area (Å²) in [6.45, 7) is 8.88. The Labute approximate surface area is 220 Å². The van der Waals surface area contributed by atoms with Crippen LogP contribution in [0.15, 0.2) is 42.5 Å². The number of rotatable bonds is 5. The minimum atomic E-state index is -0.0737. The van der Waals surface area contributed by atoms with E-state index in [1.165, 1.54) is 7.11 Å². The zero-order valence-corrected chi connectivity index (χ0v) is 22.3. The highest BCUT2D eigenvalue weighted by Crippen LogP contribution is 2.31. The Hall–Kier alpha value is -3.10. The molecular formula is C29H39N3O5. The van der Waals surface area contributed by atoms with Gasteiger partial charge in [0.05, 0.1) is 19.6 Å². The fourth-order valence-corrected chi connectivity index (χ4v) is 4.90. The average molecular weight is 510 g/mol. The molecule has 2 heterocycles. The number of nitrogens with zero attached hydrogens (tertiary/aromatic N) is 3. The van der Waals surface area contributed by atoms with Crippen molar-refractivity contribution < 1.29 is 23.8 Å². The Bertz CT molecular complexity index is 1070. The first kappa shape index (κ1) is 26.9. The van der Waals surface area contributed by atoms with E-state index < -0.39 is 0 Å². The number of hydrogen-bond donors (Lipinski definition) is 0. The Balaban J connectivity index is 1.60. The first-order valence-electron chi connectivity index (χ1n) is 13.2. The maximum absolute atomic E-state index is 13.7. The van der Waals surface area contributed by atoms with E-state index in [1.807, 2.05) is 52.3 Å². The normalized spacial score (nSPS) is 17.1. The van der Waals surface area contributed by atoms with Gasteiger partial charge in [0, 0.05) is 58.0 Å². The van der Waals surface area contributed by atoms with Crippen molar-refractivity contribution in [1.82, 2.24) is 9.80 Å². The van der Waals surface area contributed by atoms with Gasteiger partial charge >= 0.3 is 0 Å². The topological polar surface area (TPSA) is 71.6 Å². The number of anilines is 1. The van der Waals surface area contributed by atoms with Crippen molar-refractivity contribution in [3.05, 3.63) is 53.6 Å². The molecule has 0 unspecified atom stereocenters. The highest BCUT2D eigenvalue weighted by molar-refractivity contribution is 5.95. The first-order chi connectivity index (χ1) is 18.0. The van der Waals surface area contributed by atoms with Crippen molar-refractivity contribution in [3.63, 3.8) is 0 Å². The van der Waals surface area contributed by atoms with Crippen molar-refractivity contribution in [3.8, 4) is 11.5 Å². The summed E-state index contributed by atoms with van der Waals surface area (Å²) in [7, 11) is 1.54. The van der Waals surface area contributed by atoms with Crippen LogP contribution in [0.5, 0.6) is 11.5 Å². The number of benzene rings is 2. The third-order valence-electron chi connectivity index (χ3n) is 6.95. The Morgan fingerprint density at radius 1 is 0.919 bits per heavy atom. The number of carbonyl (C=O) groups is 2. The van der Waals surface area contributed by atoms with Gasteiger partial charge in [0.1, 0.15) is 6.61 Å². The standard InChI is InChI=1S/C29H39N3O5/c1-22(2)30-12-6-13-32(29(34)21-35-3)25-9-5-4-8-24(25)20-31(15-14-30)28(33)19-23-10-11-26-27(18-23)37-17-7-16-36-26/h4-5,8-11,18,22H,6-7,12-17,19-21H2,1-3H3. The molecule has 4 rings (SSSR count). The second kappa shape index (κ2) is 12.9. The van der Waals surface area contributed by atoms with Gasteiger partial charge in [-0.15, -0.1) is 0 Å². The van der Waals surface area contributed by atoms with Gasteiger partial charge in [0.2, 0.25) is 5.91 Å². The summed E-state index contributed by atoms with van der Waals surface area (Å²) in [5, 5.41) is 0. The Kier molecular flexibility index (Phi) is 9.41. The lowest BCUT2D eigenvalue weighted by Crippen LogP contribution is -2.42. The van der Waals surface area contributed by atoms with E-state index in [0.29, 0.717) is 44.6 Å². The van der Waals surface area contributed by atoms with Crippen LogP contribution in [0.2, 0.25) is 0 Å². The molecule has 37 heavy (non-hydrogen) atoms. The van der Waals surface area contributed by atoms with E-state index in [9.17, 15) is 9.59 Å². The number of ether oxygens (including phenoxy) is 3. The van der Waals surface area contributed by atoms with Crippen LogP contribution in [0.1, 0.15) is 37.8 Å². The van der Waals surface area contributed by atoms with Gasteiger partial charge in [-0.2, -0.15) is 0 Å². The lowest BCUT2D eigenvalue weighted by atomic mass is 10.1. The van der Waals surface area contributed by atoms with Crippen molar-refractivity contribution in [1.29, 1.82) is 0 Å². The highest BCUT2D eigenvalue weighted by atomic mass is 16.5. The Morgan fingerprint density at radius 3 is 2.49 bits per heavy atom. The summed E-state index contributed by atoms with van der Waals surface area (Å²) in [6.07, 6.45) is 1.95. The van der Waals surface area contributed by atoms with Crippen molar-refractivity contribution in [2.75, 3.05) is 58.0 Å². The zero-order valence-electron chi connectivity index (χ0n) is 22.3. The second-order valence-electron chi connectivity index (χ2n) is 9.91. The third kappa shape index (κ3) is 7.02. The zero-order chi connectivity index (χ0) is 26.2.